The van der Waals surface area contributed by atoms with Crippen LogP contribution in [0.4, 0.5) is 0 Å². The Balaban J connectivity index is 0.961. The van der Waals surface area contributed by atoms with Gasteiger partial charge in [0.2, 0.25) is 0 Å². The number of allylic oxidation sites excluding steroid dienone is 1. The fourth-order valence-corrected chi connectivity index (χ4v) is 17.1. The molecule has 5 heterocycles. The molecule has 3 saturated carbocycles. The number of aliphatic hydroxyl groups excluding tert-OH is 17. The zero-order chi connectivity index (χ0) is 64.7. The number of rotatable bonds is 20. The van der Waals surface area contributed by atoms with Crippen molar-refractivity contribution in [2.24, 2.45) is 45.3 Å². The van der Waals surface area contributed by atoms with E-state index in [1.807, 2.05) is 0 Å². The summed E-state index contributed by atoms with van der Waals surface area (Å²) in [5.74, 6) is 0.0371. The third-order valence-electron chi connectivity index (χ3n) is 22.8. The van der Waals surface area contributed by atoms with Crippen LogP contribution in [-0.4, -0.2) is 296 Å². The van der Waals surface area contributed by atoms with E-state index in [0.29, 0.717) is 32.1 Å². The molecule has 0 spiro atoms. The molecule has 0 aromatic carbocycles. The Morgan fingerprint density at radius 3 is 1.57 bits per heavy atom. The molecule has 9 aliphatic rings. The highest BCUT2D eigenvalue weighted by Crippen LogP contribution is 2.75. The van der Waals surface area contributed by atoms with Crippen molar-refractivity contribution < 1.29 is 139 Å². The van der Waals surface area contributed by atoms with E-state index < -0.39 is 215 Å². The third-order valence-corrected chi connectivity index (χ3v) is 22.8. The summed E-state index contributed by atoms with van der Waals surface area (Å²) in [5.41, 5.74) is -2.34. The van der Waals surface area contributed by atoms with Crippen molar-refractivity contribution in [2.75, 3.05) is 33.0 Å². The molecule has 0 bridgehead atoms. The number of ether oxygens (including phenoxy) is 10. The van der Waals surface area contributed by atoms with Crippen LogP contribution in [0.2, 0.25) is 0 Å². The molecule has 510 valence electrons. The summed E-state index contributed by atoms with van der Waals surface area (Å²) in [5, 5.41) is 196. The first-order valence-corrected chi connectivity index (χ1v) is 31.5. The van der Waals surface area contributed by atoms with E-state index in [4.69, 9.17) is 47.4 Å². The minimum absolute atomic E-state index is 0.0250. The average molecular weight is 1270 g/mol. The zero-order valence-corrected chi connectivity index (χ0v) is 51.5. The first-order chi connectivity index (χ1) is 41.2. The van der Waals surface area contributed by atoms with Crippen molar-refractivity contribution in [3.8, 4) is 0 Å². The monoisotopic (exact) mass is 1270 g/mol. The molecule has 28 nitrogen and oxygen atoms in total. The Morgan fingerprint density at radius 1 is 0.545 bits per heavy atom. The van der Waals surface area contributed by atoms with Crippen LogP contribution in [0.5, 0.6) is 0 Å². The molecule has 0 aromatic rings. The van der Waals surface area contributed by atoms with E-state index in [9.17, 15) is 91.9 Å². The molecule has 5 aliphatic heterocycles. The van der Waals surface area contributed by atoms with E-state index in [-0.39, 0.29) is 47.3 Å². The quantitative estimate of drug-likeness (QED) is 0.0512. The first-order valence-electron chi connectivity index (χ1n) is 31.5. The molecule has 88 heavy (non-hydrogen) atoms. The summed E-state index contributed by atoms with van der Waals surface area (Å²) in [6, 6.07) is 0. The van der Waals surface area contributed by atoms with E-state index in [2.05, 4.69) is 47.6 Å². The van der Waals surface area contributed by atoms with Gasteiger partial charge in [0.1, 0.15) is 110 Å². The average Bonchev–Trinajstić information content (AvgIpc) is 1.29. The van der Waals surface area contributed by atoms with Crippen LogP contribution in [0.25, 0.3) is 0 Å². The minimum Gasteiger partial charge on any atom is -0.394 e. The second-order valence-electron chi connectivity index (χ2n) is 28.6. The van der Waals surface area contributed by atoms with Gasteiger partial charge in [-0.05, 0) is 99.7 Å². The Morgan fingerprint density at radius 2 is 1.05 bits per heavy atom. The summed E-state index contributed by atoms with van der Waals surface area (Å²) in [6.07, 6.45) is -35.8. The Kier molecular flexibility index (Phi) is 22.1. The maximum atomic E-state index is 12.8. The first kappa shape index (κ1) is 70.9. The van der Waals surface area contributed by atoms with Crippen molar-refractivity contribution in [1.29, 1.82) is 0 Å². The van der Waals surface area contributed by atoms with E-state index in [1.165, 1.54) is 13.8 Å². The van der Waals surface area contributed by atoms with Gasteiger partial charge in [-0.1, -0.05) is 53.2 Å². The highest BCUT2D eigenvalue weighted by molar-refractivity contribution is 5.32. The molecule has 34 atom stereocenters. The molecule has 8 fully saturated rings. The van der Waals surface area contributed by atoms with Gasteiger partial charge in [-0.3, -0.25) is 0 Å². The normalized spacial score (nSPS) is 51.4. The lowest BCUT2D eigenvalue weighted by molar-refractivity contribution is -0.397. The molecule has 3 unspecified atom stereocenters. The fraction of sp³-hybridized carbons (Fsp3) is 0.967. The minimum atomic E-state index is -2.06. The topological polar surface area (TPSA) is 456 Å². The van der Waals surface area contributed by atoms with Gasteiger partial charge in [0.05, 0.1) is 63.1 Å². The highest BCUT2D eigenvalue weighted by atomic mass is 16.8. The lowest BCUT2D eigenvalue weighted by atomic mass is 9.38. The molecule has 0 radical (unpaired) electrons. The molecular weight excluding hydrogens is 1170 g/mol. The van der Waals surface area contributed by atoms with Crippen LogP contribution >= 0.6 is 0 Å². The Labute approximate surface area is 512 Å². The molecule has 4 aliphatic carbocycles. The number of hydrogen-bond donors (Lipinski definition) is 18. The van der Waals surface area contributed by atoms with Crippen LogP contribution in [-0.2, 0) is 47.4 Å². The molecule has 5 saturated heterocycles. The smallest absolute Gasteiger partial charge is 0.187 e. The van der Waals surface area contributed by atoms with Gasteiger partial charge in [-0.15, -0.1) is 0 Å². The Hall–Kier alpha value is -1.38. The molecule has 18 N–H and O–H groups in total. The lowest BCUT2D eigenvalue weighted by Gasteiger charge is -2.67. The van der Waals surface area contributed by atoms with E-state index in [0.717, 1.165) is 18.4 Å². The van der Waals surface area contributed by atoms with E-state index >= 15 is 0 Å². The molecular formula is C60H102O28. The molecule has 0 aromatic heterocycles. The Bertz CT molecular complexity index is 2310. The van der Waals surface area contributed by atoms with Gasteiger partial charge in [-0.2, -0.15) is 0 Å². The number of fused-ring (bicyclic) bond motifs is 5. The summed E-state index contributed by atoms with van der Waals surface area (Å²) >= 11 is 0. The zero-order valence-electron chi connectivity index (χ0n) is 51.5. The fourth-order valence-electron chi connectivity index (χ4n) is 17.1. The van der Waals surface area contributed by atoms with Gasteiger partial charge < -0.3 is 139 Å². The maximum Gasteiger partial charge on any atom is 0.187 e. The largest absolute Gasteiger partial charge is 0.394 e. The van der Waals surface area contributed by atoms with Crippen molar-refractivity contribution in [2.45, 2.75) is 285 Å². The van der Waals surface area contributed by atoms with Gasteiger partial charge in [0.15, 0.2) is 31.5 Å². The van der Waals surface area contributed by atoms with Crippen LogP contribution < -0.4 is 0 Å². The van der Waals surface area contributed by atoms with Crippen LogP contribution in [0.3, 0.4) is 0 Å². The summed E-state index contributed by atoms with van der Waals surface area (Å²) < 4.78 is 60.9. The van der Waals surface area contributed by atoms with Crippen LogP contribution in [0, 0.1) is 45.3 Å². The van der Waals surface area contributed by atoms with Crippen molar-refractivity contribution >= 4 is 0 Å². The van der Waals surface area contributed by atoms with Gasteiger partial charge >= 0.3 is 0 Å². The summed E-state index contributed by atoms with van der Waals surface area (Å²) in [4.78, 5) is 0. The lowest BCUT2D eigenvalue weighted by Crippen LogP contribution is -2.67. The van der Waals surface area contributed by atoms with Gasteiger partial charge in [0.25, 0.3) is 0 Å². The molecule has 9 rings (SSSR count). The maximum absolute atomic E-state index is 12.8. The predicted molar refractivity (Wildman–Crippen MR) is 299 cm³/mol. The number of hydrogen-bond acceptors (Lipinski definition) is 28. The summed E-state index contributed by atoms with van der Waals surface area (Å²) in [6.45, 7) is 12.5. The number of aliphatic hydroxyl groups is 18. The second kappa shape index (κ2) is 27.4. The molecule has 0 amide bonds. The molecule has 28 heteroatoms. The van der Waals surface area contributed by atoms with Crippen LogP contribution in [0.15, 0.2) is 11.6 Å². The van der Waals surface area contributed by atoms with Gasteiger partial charge in [-0.25, -0.2) is 0 Å². The summed E-state index contributed by atoms with van der Waals surface area (Å²) in [7, 11) is 0. The van der Waals surface area contributed by atoms with Crippen molar-refractivity contribution in [3.63, 3.8) is 0 Å². The third kappa shape index (κ3) is 12.8. The second-order valence-corrected chi connectivity index (χ2v) is 28.6. The van der Waals surface area contributed by atoms with Crippen molar-refractivity contribution in [1.82, 2.24) is 0 Å². The SMILES string of the molecule is C[C@H](CC[C@@H](O[C@@H]1O[C@H](CO[C@H]2O[C@H](CO)[C@@H](O)C[C@H]2O)[C@@H](O[C@H]2O[C@H](CO)[C@@H](O)[C@H](O)[C@H]2O)[C@H](O)[C@H]1O[C@@H]1O[C@H](CO)[C@@H](O)[C@H](O)[C@H]1O)C(C)(C)O)C1CC[C@@]2(C)C3CC=C4C(CC[C@H](O[C@@H]5O[C@H](CO)[C@@H](O)[C@H](O)[C@H]5O)C4(C)C)[C@]3(C)[C@H](O)C[C@]12C. The highest BCUT2D eigenvalue weighted by Gasteiger charge is 2.70. The van der Waals surface area contributed by atoms with Gasteiger partial charge in [0, 0.05) is 17.3 Å². The predicted octanol–water partition coefficient (Wildman–Crippen LogP) is -4.38. The van der Waals surface area contributed by atoms with Crippen LogP contribution in [0.1, 0.15) is 113 Å². The standard InChI is InChI=1S/C60H102O28/c1-24(25-15-16-58(6)35-12-10-26-27(60(35,8)36(67)18-59(25,58)7)11-14-37(56(26,2)3)85-52-45(74)42(71)39(68)31(20-62)81-52)9-13-38(57(4,5)78)86-55-50(88-54-47(76)44(73)41(70)33(22-64)83-54)48(77)49(87-53-46(75)43(72)40(69)32(21-63)82-53)34(84-55)23-79-51-29(66)17-28(65)30(19-61)80-51/h10,24-25,27-55,61-78H,9,11-23H2,1-8H3/t24-,25?,27?,28+,29-,30-,31-,32-,33-,34-,35?,36-,37+,38-,39-,40-,41-,42+,43+,44+,45-,46-,47-,48+,49-,50-,51+,52+,53-,54+,55+,58+,59-,60+/m1/s1. The van der Waals surface area contributed by atoms with E-state index in [1.54, 1.807) is 0 Å². The van der Waals surface area contributed by atoms with Crippen molar-refractivity contribution in [3.05, 3.63) is 11.6 Å².